The van der Waals surface area contributed by atoms with Crippen molar-refractivity contribution < 1.29 is 33.5 Å². The molecular formula is C14H15CaF5O3-2. The Morgan fingerprint density at radius 2 is 1.74 bits per heavy atom. The van der Waals surface area contributed by atoms with Gasteiger partial charge in [-0.15, -0.1) is 0 Å². The van der Waals surface area contributed by atoms with Gasteiger partial charge in [0.1, 0.15) is 6.10 Å². The molecule has 1 aliphatic rings. The normalized spacial score (nSPS) is 13.7. The second-order valence-electron chi connectivity index (χ2n) is 4.07. The summed E-state index contributed by atoms with van der Waals surface area (Å²) in [5.74, 6) is -2.06. The van der Waals surface area contributed by atoms with Gasteiger partial charge in [-0.1, -0.05) is 13.8 Å². The number of halogens is 5. The molecule has 3 rings (SSSR count). The summed E-state index contributed by atoms with van der Waals surface area (Å²) in [5, 5.41) is 0.392. The standard InChI is InChI=1S/C12H8F2O3.C2H6.Ca.3FH.H/c1-5-4-7-6-2-3-8(13)9(14)10(6)17-12(15)11(7)16-5;1-2;;;;;/h2-3,5H,4H2,1H3;1-2H3;;3*1H;/q;;+2;;;;-1/p-3/t5-;;;;;;/m1....../s1. The Kier molecular flexibility index (Phi) is 12.7. The zero-order valence-corrected chi connectivity index (χ0v) is 15.0. The molecular weight excluding hydrogens is 351 g/mol. The van der Waals surface area contributed by atoms with Crippen LogP contribution in [0.15, 0.2) is 21.3 Å². The van der Waals surface area contributed by atoms with Crippen LogP contribution >= 0.6 is 0 Å². The maximum atomic E-state index is 13.5. The van der Waals surface area contributed by atoms with Gasteiger partial charge in [0.25, 0.3) is 0 Å². The van der Waals surface area contributed by atoms with E-state index in [0.717, 1.165) is 6.07 Å². The van der Waals surface area contributed by atoms with Crippen LogP contribution in [0.2, 0.25) is 0 Å². The molecule has 1 aromatic carbocycles. The molecule has 0 unspecified atom stereocenters. The minimum atomic E-state index is -1.14. The Hall–Kier alpha value is -0.860. The largest absolute Gasteiger partial charge is 2.00 e. The van der Waals surface area contributed by atoms with Crippen LogP contribution < -0.4 is 24.5 Å². The molecule has 0 N–H and O–H groups in total. The minimum absolute atomic E-state index is 0. The summed E-state index contributed by atoms with van der Waals surface area (Å²) in [6, 6.07) is 2.41. The molecule has 0 saturated heterocycles. The number of fused-ring (bicyclic) bond motifs is 3. The molecule has 1 aromatic heterocycles. The van der Waals surface area contributed by atoms with Gasteiger partial charge in [-0.3, -0.25) is 0 Å². The van der Waals surface area contributed by atoms with Gasteiger partial charge in [-0.2, -0.15) is 4.39 Å². The average molecular weight is 366 g/mol. The molecule has 128 valence electrons. The van der Waals surface area contributed by atoms with E-state index >= 15 is 0 Å². The average Bonchev–Trinajstić information content (AvgIpc) is 2.80. The van der Waals surface area contributed by atoms with Crippen molar-refractivity contribution in [3.8, 4) is 5.75 Å². The summed E-state index contributed by atoms with van der Waals surface area (Å²) >= 11 is 0. The van der Waals surface area contributed by atoms with Gasteiger partial charge < -0.3 is 24.7 Å². The molecule has 1 aliphatic heterocycles. The molecule has 0 saturated carbocycles. The van der Waals surface area contributed by atoms with E-state index in [1.807, 2.05) is 13.8 Å². The van der Waals surface area contributed by atoms with Gasteiger partial charge in [0.2, 0.25) is 11.6 Å². The number of hydrogen-bond acceptors (Lipinski definition) is 3. The third kappa shape index (κ3) is 4.81. The summed E-state index contributed by atoms with van der Waals surface area (Å²) in [4.78, 5) is 11.6. The Labute approximate surface area is 160 Å². The molecule has 2 heterocycles. The first-order valence-corrected chi connectivity index (χ1v) is 6.18. The van der Waals surface area contributed by atoms with Crippen LogP contribution in [-0.4, -0.2) is 43.8 Å². The molecule has 0 aliphatic carbocycles. The van der Waals surface area contributed by atoms with Crippen molar-refractivity contribution in [2.24, 2.45) is 0 Å². The zero-order valence-electron chi connectivity index (χ0n) is 13.8. The second-order valence-corrected chi connectivity index (χ2v) is 4.07. The molecule has 0 amide bonds. The van der Waals surface area contributed by atoms with Crippen molar-refractivity contribution in [2.75, 3.05) is 0 Å². The van der Waals surface area contributed by atoms with Crippen LogP contribution in [0.3, 0.4) is 0 Å². The maximum absolute atomic E-state index is 13.5. The van der Waals surface area contributed by atoms with Crippen molar-refractivity contribution >= 4 is 48.7 Å². The predicted octanol–water partition coefficient (Wildman–Crippen LogP) is -5.84. The Bertz CT molecular complexity index is 696. The summed E-state index contributed by atoms with van der Waals surface area (Å²) in [7, 11) is 0. The van der Waals surface area contributed by atoms with Gasteiger partial charge in [-0.25, -0.2) is 9.18 Å². The summed E-state index contributed by atoms with van der Waals surface area (Å²) in [6.07, 6.45) is 0.328. The summed E-state index contributed by atoms with van der Waals surface area (Å²) in [6.45, 7) is 5.80. The molecule has 0 fully saturated rings. The first-order chi connectivity index (χ1) is 9.08. The fourth-order valence-electron chi connectivity index (χ4n) is 2.11. The molecule has 0 radical (unpaired) electrons. The van der Waals surface area contributed by atoms with E-state index in [2.05, 4.69) is 0 Å². The van der Waals surface area contributed by atoms with E-state index in [0.29, 0.717) is 17.4 Å². The van der Waals surface area contributed by atoms with Crippen LogP contribution in [0.1, 0.15) is 27.8 Å². The van der Waals surface area contributed by atoms with Crippen molar-refractivity contribution in [3.63, 3.8) is 0 Å². The van der Waals surface area contributed by atoms with E-state index in [1.165, 1.54) is 6.07 Å². The number of benzene rings is 1. The Balaban J connectivity index is -0.000000276. The monoisotopic (exact) mass is 366 g/mol. The third-order valence-corrected chi connectivity index (χ3v) is 2.84. The number of rotatable bonds is 0. The van der Waals surface area contributed by atoms with E-state index in [9.17, 15) is 13.6 Å². The Morgan fingerprint density at radius 1 is 1.17 bits per heavy atom. The Morgan fingerprint density at radius 3 is 2.30 bits per heavy atom. The van der Waals surface area contributed by atoms with Gasteiger partial charge in [0, 0.05) is 17.4 Å². The van der Waals surface area contributed by atoms with Crippen LogP contribution in [0.25, 0.3) is 11.0 Å². The topological polar surface area (TPSA) is 39.4 Å². The first-order valence-electron chi connectivity index (χ1n) is 6.18. The SMILES string of the molecule is CC.C[C@@H]1Cc2c(c(=O)oc3c(F)c(F)ccc23)O1.[Ca+2].[F-].[F-].[F-].[H-]. The van der Waals surface area contributed by atoms with Gasteiger partial charge in [0.15, 0.2) is 11.4 Å². The van der Waals surface area contributed by atoms with Crippen molar-refractivity contribution in [2.45, 2.75) is 33.3 Å². The molecule has 3 nitrogen and oxygen atoms in total. The van der Waals surface area contributed by atoms with E-state index in [1.54, 1.807) is 6.92 Å². The second kappa shape index (κ2) is 10.8. The fraction of sp³-hybridized carbons (Fsp3) is 0.357. The van der Waals surface area contributed by atoms with Crippen LogP contribution in [0, 0.1) is 11.6 Å². The molecule has 2 aromatic rings. The van der Waals surface area contributed by atoms with E-state index in [-0.39, 0.29) is 70.7 Å². The van der Waals surface area contributed by atoms with Gasteiger partial charge in [-0.05, 0) is 19.1 Å². The molecule has 23 heavy (non-hydrogen) atoms. The molecule has 0 bridgehead atoms. The summed E-state index contributed by atoms with van der Waals surface area (Å²) in [5.41, 5.74) is -0.518. The van der Waals surface area contributed by atoms with Crippen LogP contribution in [0.5, 0.6) is 5.75 Å². The fourth-order valence-corrected chi connectivity index (χ4v) is 2.11. The quantitative estimate of drug-likeness (QED) is 0.265. The zero-order chi connectivity index (χ0) is 14.2. The van der Waals surface area contributed by atoms with Crippen molar-refractivity contribution in [1.29, 1.82) is 0 Å². The maximum Gasteiger partial charge on any atom is 2.00 e. The molecule has 0 spiro atoms. The number of hydrogen-bond donors (Lipinski definition) is 0. The summed E-state index contributed by atoms with van der Waals surface area (Å²) < 4.78 is 36.6. The van der Waals surface area contributed by atoms with Crippen molar-refractivity contribution in [1.82, 2.24) is 0 Å². The first kappa shape index (κ1) is 27.0. The van der Waals surface area contributed by atoms with E-state index in [4.69, 9.17) is 9.15 Å². The van der Waals surface area contributed by atoms with Crippen molar-refractivity contribution in [3.05, 3.63) is 39.8 Å². The smallest absolute Gasteiger partial charge is 1.00 e. The van der Waals surface area contributed by atoms with E-state index < -0.39 is 17.3 Å². The third-order valence-electron chi connectivity index (χ3n) is 2.84. The minimum Gasteiger partial charge on any atom is -1.00 e. The van der Waals surface area contributed by atoms with Crippen LogP contribution in [-0.2, 0) is 6.42 Å². The van der Waals surface area contributed by atoms with Crippen LogP contribution in [0.4, 0.5) is 8.78 Å². The molecule has 9 heteroatoms. The molecule has 1 atom stereocenters. The van der Waals surface area contributed by atoms with Gasteiger partial charge >= 0.3 is 43.4 Å². The van der Waals surface area contributed by atoms with Gasteiger partial charge in [0.05, 0.1) is 0 Å². The predicted molar refractivity (Wildman–Crippen MR) is 74.4 cm³/mol. The number of ether oxygens (including phenoxy) is 1.